The van der Waals surface area contributed by atoms with Gasteiger partial charge < -0.3 is 15.1 Å². The third-order valence-corrected chi connectivity index (χ3v) is 4.10. The summed E-state index contributed by atoms with van der Waals surface area (Å²) >= 11 is 0. The molecule has 0 bridgehead atoms. The third-order valence-electron chi connectivity index (χ3n) is 4.10. The highest BCUT2D eigenvalue weighted by Gasteiger charge is 2.20. The Morgan fingerprint density at radius 1 is 0.909 bits per heavy atom. The molecule has 1 fully saturated rings. The zero-order valence-corrected chi connectivity index (χ0v) is 12.8. The maximum Gasteiger partial charge on any atom is 0.317 e. The van der Waals surface area contributed by atoms with Gasteiger partial charge in [-0.05, 0) is 23.3 Å². The van der Waals surface area contributed by atoms with Crippen LogP contribution in [-0.2, 0) is 0 Å². The molecule has 1 saturated heterocycles. The van der Waals surface area contributed by atoms with E-state index in [2.05, 4.69) is 58.7 Å². The molecule has 1 heterocycles. The average molecular weight is 295 g/mol. The Morgan fingerprint density at radius 2 is 1.59 bits per heavy atom. The predicted molar refractivity (Wildman–Crippen MR) is 90.1 cm³/mol. The molecule has 3 rings (SSSR count). The second kappa shape index (κ2) is 6.52. The van der Waals surface area contributed by atoms with Gasteiger partial charge in [-0.25, -0.2) is 4.79 Å². The maximum atomic E-state index is 11.6. The number of urea groups is 1. The summed E-state index contributed by atoms with van der Waals surface area (Å²) in [7, 11) is 1.68. The molecule has 4 heteroatoms. The van der Waals surface area contributed by atoms with E-state index in [4.69, 9.17) is 0 Å². The Morgan fingerprint density at radius 3 is 2.27 bits per heavy atom. The number of nitrogens with zero attached hydrogens (tertiary/aromatic N) is 2. The summed E-state index contributed by atoms with van der Waals surface area (Å²) in [6, 6.07) is 19.0. The standard InChI is InChI=1S/C18H21N3O/c1-19-18(22)21-12-10-20(11-13-21)17-9-5-8-16(14-17)15-6-3-2-4-7-15/h2-9,14H,10-13H2,1H3,(H,19,22). The van der Waals surface area contributed by atoms with Crippen LogP contribution in [0.25, 0.3) is 11.1 Å². The molecular formula is C18H21N3O. The highest BCUT2D eigenvalue weighted by atomic mass is 16.2. The van der Waals surface area contributed by atoms with Crippen molar-refractivity contribution in [1.82, 2.24) is 10.2 Å². The van der Waals surface area contributed by atoms with Gasteiger partial charge in [-0.3, -0.25) is 0 Å². The van der Waals surface area contributed by atoms with Crippen LogP contribution in [-0.4, -0.2) is 44.2 Å². The van der Waals surface area contributed by atoms with Crippen molar-refractivity contribution < 1.29 is 4.79 Å². The molecule has 0 unspecified atom stereocenters. The zero-order chi connectivity index (χ0) is 15.4. The Hall–Kier alpha value is -2.49. The van der Waals surface area contributed by atoms with Crippen molar-refractivity contribution in [3.63, 3.8) is 0 Å². The molecule has 22 heavy (non-hydrogen) atoms. The van der Waals surface area contributed by atoms with E-state index in [-0.39, 0.29) is 6.03 Å². The Kier molecular flexibility index (Phi) is 4.28. The fourth-order valence-electron chi connectivity index (χ4n) is 2.84. The molecule has 1 aliphatic heterocycles. The molecule has 1 N–H and O–H groups in total. The summed E-state index contributed by atoms with van der Waals surface area (Å²) in [6.07, 6.45) is 0. The lowest BCUT2D eigenvalue weighted by Gasteiger charge is -2.36. The molecule has 114 valence electrons. The van der Waals surface area contributed by atoms with Crippen LogP contribution < -0.4 is 10.2 Å². The molecule has 1 aliphatic rings. The summed E-state index contributed by atoms with van der Waals surface area (Å²) in [5.41, 5.74) is 3.68. The number of rotatable bonds is 2. The second-order valence-electron chi connectivity index (χ2n) is 5.45. The quantitative estimate of drug-likeness (QED) is 0.924. The van der Waals surface area contributed by atoms with Crippen molar-refractivity contribution in [3.8, 4) is 11.1 Å². The lowest BCUT2D eigenvalue weighted by Crippen LogP contribution is -2.51. The van der Waals surface area contributed by atoms with E-state index in [0.29, 0.717) is 0 Å². The van der Waals surface area contributed by atoms with Gasteiger partial charge >= 0.3 is 6.03 Å². The minimum atomic E-state index is 0.0117. The van der Waals surface area contributed by atoms with Crippen molar-refractivity contribution in [2.24, 2.45) is 0 Å². The van der Waals surface area contributed by atoms with Crippen LogP contribution in [0.15, 0.2) is 54.6 Å². The summed E-state index contributed by atoms with van der Waals surface area (Å²) in [5, 5.41) is 2.69. The Labute approximate surface area is 131 Å². The smallest absolute Gasteiger partial charge is 0.317 e. The first-order valence-electron chi connectivity index (χ1n) is 7.65. The van der Waals surface area contributed by atoms with Crippen LogP contribution >= 0.6 is 0 Å². The Balaban J connectivity index is 1.73. The molecule has 0 atom stereocenters. The number of benzene rings is 2. The van der Waals surface area contributed by atoms with Crippen molar-refractivity contribution in [1.29, 1.82) is 0 Å². The van der Waals surface area contributed by atoms with Gasteiger partial charge in [0, 0.05) is 38.9 Å². The van der Waals surface area contributed by atoms with Crippen molar-refractivity contribution in [3.05, 3.63) is 54.6 Å². The van der Waals surface area contributed by atoms with Crippen LogP contribution in [0.2, 0.25) is 0 Å². The van der Waals surface area contributed by atoms with E-state index in [0.717, 1.165) is 26.2 Å². The summed E-state index contributed by atoms with van der Waals surface area (Å²) < 4.78 is 0. The van der Waals surface area contributed by atoms with Gasteiger partial charge in [-0.15, -0.1) is 0 Å². The van der Waals surface area contributed by atoms with Gasteiger partial charge in [0.05, 0.1) is 0 Å². The molecule has 0 saturated carbocycles. The second-order valence-corrected chi connectivity index (χ2v) is 5.45. The third kappa shape index (κ3) is 3.06. The topological polar surface area (TPSA) is 35.6 Å². The van der Waals surface area contributed by atoms with E-state index >= 15 is 0 Å². The number of amides is 2. The number of hydrogen-bond acceptors (Lipinski definition) is 2. The van der Waals surface area contributed by atoms with E-state index in [9.17, 15) is 4.79 Å². The van der Waals surface area contributed by atoms with E-state index < -0.39 is 0 Å². The molecule has 2 aromatic carbocycles. The number of carbonyl (C=O) groups is 1. The van der Waals surface area contributed by atoms with Gasteiger partial charge in [-0.2, -0.15) is 0 Å². The highest BCUT2D eigenvalue weighted by Crippen LogP contribution is 2.25. The van der Waals surface area contributed by atoms with Gasteiger partial charge in [0.15, 0.2) is 0 Å². The van der Waals surface area contributed by atoms with E-state index in [1.807, 2.05) is 11.0 Å². The summed E-state index contributed by atoms with van der Waals surface area (Å²) in [5.74, 6) is 0. The van der Waals surface area contributed by atoms with Crippen LogP contribution in [0.3, 0.4) is 0 Å². The first kappa shape index (κ1) is 14.4. The van der Waals surface area contributed by atoms with E-state index in [1.54, 1.807) is 7.05 Å². The molecule has 2 aromatic rings. The van der Waals surface area contributed by atoms with Crippen LogP contribution in [0.1, 0.15) is 0 Å². The first-order valence-corrected chi connectivity index (χ1v) is 7.65. The lowest BCUT2D eigenvalue weighted by molar-refractivity contribution is 0.196. The minimum Gasteiger partial charge on any atom is -0.368 e. The molecule has 0 spiro atoms. The minimum absolute atomic E-state index is 0.0117. The van der Waals surface area contributed by atoms with Crippen molar-refractivity contribution >= 4 is 11.7 Å². The van der Waals surface area contributed by atoms with Gasteiger partial charge in [0.2, 0.25) is 0 Å². The van der Waals surface area contributed by atoms with Crippen LogP contribution in [0, 0.1) is 0 Å². The maximum absolute atomic E-state index is 11.6. The fourth-order valence-corrected chi connectivity index (χ4v) is 2.84. The van der Waals surface area contributed by atoms with Crippen LogP contribution in [0.5, 0.6) is 0 Å². The van der Waals surface area contributed by atoms with Crippen molar-refractivity contribution in [2.45, 2.75) is 0 Å². The number of anilines is 1. The molecular weight excluding hydrogens is 274 g/mol. The van der Waals surface area contributed by atoms with Gasteiger partial charge in [-0.1, -0.05) is 42.5 Å². The number of piperazine rings is 1. The molecule has 0 aliphatic carbocycles. The SMILES string of the molecule is CNC(=O)N1CCN(c2cccc(-c3ccccc3)c2)CC1. The van der Waals surface area contributed by atoms with E-state index in [1.165, 1.54) is 16.8 Å². The molecule has 2 amide bonds. The first-order chi connectivity index (χ1) is 10.8. The van der Waals surface area contributed by atoms with Gasteiger partial charge in [0.1, 0.15) is 0 Å². The average Bonchev–Trinajstić information content (AvgIpc) is 2.62. The molecule has 0 radical (unpaired) electrons. The van der Waals surface area contributed by atoms with Crippen molar-refractivity contribution in [2.75, 3.05) is 38.1 Å². The largest absolute Gasteiger partial charge is 0.368 e. The number of nitrogens with one attached hydrogen (secondary N) is 1. The number of carbonyl (C=O) groups excluding carboxylic acids is 1. The highest BCUT2D eigenvalue weighted by molar-refractivity contribution is 5.74. The molecule has 4 nitrogen and oxygen atoms in total. The molecule has 0 aromatic heterocycles. The monoisotopic (exact) mass is 295 g/mol. The Bertz CT molecular complexity index is 634. The predicted octanol–water partition coefficient (Wildman–Crippen LogP) is 2.82. The summed E-state index contributed by atoms with van der Waals surface area (Å²) in [4.78, 5) is 15.8. The van der Waals surface area contributed by atoms with Crippen LogP contribution in [0.4, 0.5) is 10.5 Å². The fraction of sp³-hybridized carbons (Fsp3) is 0.278. The number of hydrogen-bond donors (Lipinski definition) is 1. The van der Waals surface area contributed by atoms with Gasteiger partial charge in [0.25, 0.3) is 0 Å². The normalized spacial score (nSPS) is 14.8. The zero-order valence-electron chi connectivity index (χ0n) is 12.8. The summed E-state index contributed by atoms with van der Waals surface area (Å²) in [6.45, 7) is 3.25. The lowest BCUT2D eigenvalue weighted by atomic mass is 10.0.